The summed E-state index contributed by atoms with van der Waals surface area (Å²) in [7, 11) is 0. The number of hydrogen-bond acceptors (Lipinski definition) is 4. The maximum absolute atomic E-state index is 12.1. The van der Waals surface area contributed by atoms with Gasteiger partial charge in [0.05, 0.1) is 6.26 Å². The van der Waals surface area contributed by atoms with Crippen molar-refractivity contribution >= 4 is 11.6 Å². The van der Waals surface area contributed by atoms with Gasteiger partial charge in [0, 0.05) is 17.3 Å². The molecule has 3 rings (SSSR count). The Morgan fingerprint density at radius 1 is 1.09 bits per heavy atom. The summed E-state index contributed by atoms with van der Waals surface area (Å²) in [5.41, 5.74) is 1.20. The molecule has 0 aromatic heterocycles. The lowest BCUT2D eigenvalue weighted by Gasteiger charge is -2.18. The number of nitrogens with one attached hydrogen (secondary N) is 1. The van der Waals surface area contributed by atoms with Crippen molar-refractivity contribution < 1.29 is 19.0 Å². The first kappa shape index (κ1) is 15.0. The van der Waals surface area contributed by atoms with Crippen molar-refractivity contribution in [1.82, 2.24) is 0 Å². The minimum absolute atomic E-state index is 0.214. The number of hydrogen-bond donors (Lipinski definition) is 1. The molecule has 5 heteroatoms. The molecule has 23 heavy (non-hydrogen) atoms. The molecule has 1 heterocycles. The average Bonchev–Trinajstić information content (AvgIpc) is 2.60. The van der Waals surface area contributed by atoms with Crippen LogP contribution in [-0.2, 0) is 4.79 Å². The van der Waals surface area contributed by atoms with Gasteiger partial charge in [0.1, 0.15) is 19.0 Å². The minimum Gasteiger partial charge on any atom is -0.486 e. The maximum Gasteiger partial charge on any atom is 0.254 e. The molecule has 0 radical (unpaired) electrons. The molecule has 1 amide bonds. The molecule has 0 bridgehead atoms. The second-order valence-electron chi connectivity index (χ2n) is 5.04. The second kappa shape index (κ2) is 6.87. The Balaban J connectivity index is 1.63. The van der Waals surface area contributed by atoms with Crippen molar-refractivity contribution in [3.05, 3.63) is 60.4 Å². The van der Waals surface area contributed by atoms with Gasteiger partial charge in [-0.25, -0.2) is 0 Å². The lowest BCUT2D eigenvalue weighted by molar-refractivity contribution is -0.112. The number of ether oxygens (including phenoxy) is 3. The van der Waals surface area contributed by atoms with E-state index in [0.29, 0.717) is 36.0 Å². The molecule has 0 spiro atoms. The van der Waals surface area contributed by atoms with Crippen LogP contribution in [0.5, 0.6) is 17.2 Å². The summed E-state index contributed by atoms with van der Waals surface area (Å²) in [5.74, 6) is 1.72. The highest BCUT2D eigenvalue weighted by Crippen LogP contribution is 2.33. The molecule has 2 aromatic rings. The Morgan fingerprint density at radius 3 is 2.61 bits per heavy atom. The van der Waals surface area contributed by atoms with Gasteiger partial charge >= 0.3 is 0 Å². The molecule has 0 aliphatic carbocycles. The lowest BCUT2D eigenvalue weighted by atomic mass is 10.2. The van der Waals surface area contributed by atoms with Crippen LogP contribution in [0.4, 0.5) is 5.69 Å². The Hall–Kier alpha value is -2.95. The third-order valence-electron chi connectivity index (χ3n) is 3.28. The van der Waals surface area contributed by atoms with Crippen LogP contribution in [0.15, 0.2) is 60.4 Å². The van der Waals surface area contributed by atoms with Gasteiger partial charge < -0.3 is 19.5 Å². The molecule has 1 aliphatic heterocycles. The summed E-state index contributed by atoms with van der Waals surface area (Å²) in [6.45, 7) is 2.76. The van der Waals surface area contributed by atoms with Crippen LogP contribution < -0.4 is 19.5 Å². The van der Waals surface area contributed by atoms with Crippen molar-refractivity contribution in [3.63, 3.8) is 0 Å². The third-order valence-corrected chi connectivity index (χ3v) is 3.28. The molecule has 118 valence electrons. The molecule has 2 aromatic carbocycles. The zero-order chi connectivity index (χ0) is 16.1. The predicted octanol–water partition coefficient (Wildman–Crippen LogP) is 3.38. The van der Waals surface area contributed by atoms with Crippen LogP contribution in [0.3, 0.4) is 0 Å². The van der Waals surface area contributed by atoms with Gasteiger partial charge in [0.15, 0.2) is 11.5 Å². The summed E-state index contributed by atoms with van der Waals surface area (Å²) in [5, 5.41) is 2.80. The van der Waals surface area contributed by atoms with Gasteiger partial charge in [0.2, 0.25) is 0 Å². The smallest absolute Gasteiger partial charge is 0.254 e. The van der Waals surface area contributed by atoms with E-state index in [4.69, 9.17) is 14.2 Å². The fourth-order valence-corrected chi connectivity index (χ4v) is 2.06. The van der Waals surface area contributed by atoms with E-state index in [1.165, 1.54) is 6.26 Å². The van der Waals surface area contributed by atoms with E-state index in [-0.39, 0.29) is 5.91 Å². The van der Waals surface area contributed by atoms with Crippen LogP contribution >= 0.6 is 0 Å². The van der Waals surface area contributed by atoms with Crippen molar-refractivity contribution in [2.24, 2.45) is 0 Å². The Morgan fingerprint density at radius 2 is 1.83 bits per heavy atom. The molecule has 0 atom stereocenters. The highest BCUT2D eigenvalue weighted by Gasteiger charge is 2.12. The molecular weight excluding hydrogens is 294 g/mol. The number of anilines is 1. The molecule has 0 unspecified atom stereocenters. The van der Waals surface area contributed by atoms with Crippen LogP contribution in [0.2, 0.25) is 0 Å². The van der Waals surface area contributed by atoms with Gasteiger partial charge in [-0.15, -0.1) is 0 Å². The van der Waals surface area contributed by atoms with E-state index >= 15 is 0 Å². The summed E-state index contributed by atoms with van der Waals surface area (Å²) in [6.07, 6.45) is 1.42. The standard InChI is InChI=1S/C18H17NO4/c1-13(18(20)19-14-5-3-2-4-6-14)12-23-15-7-8-16-17(11-15)22-10-9-21-16/h2-8,11-12H,9-10H2,1H3,(H,19,20). The van der Waals surface area contributed by atoms with Gasteiger partial charge in [-0.05, 0) is 31.2 Å². The quantitative estimate of drug-likeness (QED) is 0.695. The van der Waals surface area contributed by atoms with E-state index in [1.807, 2.05) is 30.3 Å². The number of rotatable bonds is 4. The molecule has 1 N–H and O–H groups in total. The van der Waals surface area contributed by atoms with Crippen molar-refractivity contribution in [2.75, 3.05) is 18.5 Å². The molecule has 0 saturated heterocycles. The predicted molar refractivity (Wildman–Crippen MR) is 86.9 cm³/mol. The topological polar surface area (TPSA) is 56.8 Å². The molecular formula is C18H17NO4. The van der Waals surface area contributed by atoms with E-state index in [2.05, 4.69) is 5.32 Å². The highest BCUT2D eigenvalue weighted by molar-refractivity contribution is 6.03. The summed E-state index contributed by atoms with van der Waals surface area (Å²) in [6, 6.07) is 14.6. The van der Waals surface area contributed by atoms with Gasteiger partial charge in [-0.3, -0.25) is 4.79 Å². The summed E-state index contributed by atoms with van der Waals surface area (Å²) >= 11 is 0. The van der Waals surface area contributed by atoms with Gasteiger partial charge in [0.25, 0.3) is 5.91 Å². The van der Waals surface area contributed by atoms with Crippen molar-refractivity contribution in [3.8, 4) is 17.2 Å². The van der Waals surface area contributed by atoms with E-state index < -0.39 is 0 Å². The number of benzene rings is 2. The fraction of sp³-hybridized carbons (Fsp3) is 0.167. The number of amides is 1. The third kappa shape index (κ3) is 3.83. The first-order valence-corrected chi connectivity index (χ1v) is 7.32. The SMILES string of the molecule is CC(=COc1ccc2c(c1)OCCO2)C(=O)Nc1ccccc1. The number of fused-ring (bicyclic) bond motifs is 1. The number of para-hydroxylation sites is 1. The monoisotopic (exact) mass is 311 g/mol. The molecule has 0 fully saturated rings. The van der Waals surface area contributed by atoms with E-state index in [0.717, 1.165) is 5.69 Å². The lowest BCUT2D eigenvalue weighted by Crippen LogP contribution is -2.15. The first-order valence-electron chi connectivity index (χ1n) is 7.32. The largest absolute Gasteiger partial charge is 0.486 e. The summed E-state index contributed by atoms with van der Waals surface area (Å²) < 4.78 is 16.5. The average molecular weight is 311 g/mol. The minimum atomic E-state index is -0.214. The number of carbonyl (C=O) groups is 1. The van der Waals surface area contributed by atoms with Crippen LogP contribution in [0.25, 0.3) is 0 Å². The van der Waals surface area contributed by atoms with Crippen LogP contribution in [0.1, 0.15) is 6.92 Å². The highest BCUT2D eigenvalue weighted by atomic mass is 16.6. The normalized spacial score (nSPS) is 13.3. The van der Waals surface area contributed by atoms with Crippen LogP contribution in [-0.4, -0.2) is 19.1 Å². The molecule has 0 saturated carbocycles. The Labute approximate surface area is 134 Å². The van der Waals surface area contributed by atoms with E-state index in [9.17, 15) is 4.79 Å². The van der Waals surface area contributed by atoms with Crippen molar-refractivity contribution in [2.45, 2.75) is 6.92 Å². The van der Waals surface area contributed by atoms with Gasteiger partial charge in [-0.1, -0.05) is 18.2 Å². The fourth-order valence-electron chi connectivity index (χ4n) is 2.06. The maximum atomic E-state index is 12.1. The Kier molecular flexibility index (Phi) is 4.47. The number of carbonyl (C=O) groups excluding carboxylic acids is 1. The molecule has 1 aliphatic rings. The molecule has 5 nitrogen and oxygen atoms in total. The van der Waals surface area contributed by atoms with Crippen molar-refractivity contribution in [1.29, 1.82) is 0 Å². The zero-order valence-corrected chi connectivity index (χ0v) is 12.7. The first-order chi connectivity index (χ1) is 11.2. The van der Waals surface area contributed by atoms with E-state index in [1.54, 1.807) is 25.1 Å². The summed E-state index contributed by atoms with van der Waals surface area (Å²) in [4.78, 5) is 12.1. The Bertz CT molecular complexity index is 725. The second-order valence-corrected chi connectivity index (χ2v) is 5.04. The van der Waals surface area contributed by atoms with Gasteiger partial charge in [-0.2, -0.15) is 0 Å². The zero-order valence-electron chi connectivity index (χ0n) is 12.7. The van der Waals surface area contributed by atoms with Crippen LogP contribution in [0, 0.1) is 0 Å².